The second kappa shape index (κ2) is 10.2. The monoisotopic (exact) mass is 498 g/mol. The first-order valence-electron chi connectivity index (χ1n) is 7.61. The number of hydrogen-bond acceptors (Lipinski definition) is 3. The lowest BCUT2D eigenvalue weighted by atomic mass is 10.3. The molecular weight excluding hydrogens is 475 g/mol. The zero-order valence-electron chi connectivity index (χ0n) is 13.5. The number of likely N-dealkylation sites (tertiary alicyclic amines) is 1. The molecule has 0 aromatic carbocycles. The Morgan fingerprint density at radius 3 is 2.91 bits per heavy atom. The molecule has 2 rings (SSSR count). The highest BCUT2D eigenvalue weighted by molar-refractivity contribution is 14.0. The maximum atomic E-state index is 11.7. The van der Waals surface area contributed by atoms with Gasteiger partial charge in [-0.3, -0.25) is 9.79 Å². The van der Waals surface area contributed by atoms with E-state index in [1.807, 2.05) is 24.0 Å². The minimum Gasteiger partial charge on any atom is -0.454 e. The second-order valence-corrected chi connectivity index (χ2v) is 6.06. The number of guanidine groups is 1. The molecule has 8 heteroatoms. The summed E-state index contributed by atoms with van der Waals surface area (Å²) in [5.74, 6) is 1.91. The van der Waals surface area contributed by atoms with Crippen LogP contribution in [0.5, 0.6) is 0 Å². The van der Waals surface area contributed by atoms with Crippen molar-refractivity contribution in [3.63, 3.8) is 0 Å². The summed E-state index contributed by atoms with van der Waals surface area (Å²) in [6.07, 6.45) is 2.31. The predicted octanol–water partition coefficient (Wildman–Crippen LogP) is 2.38. The van der Waals surface area contributed by atoms with Gasteiger partial charge in [-0.15, -0.1) is 24.0 Å². The second-order valence-electron chi connectivity index (χ2n) is 5.28. The summed E-state index contributed by atoms with van der Waals surface area (Å²) >= 11 is 3.29. The van der Waals surface area contributed by atoms with Gasteiger partial charge in [0.25, 0.3) is 0 Å². The number of halogens is 2. The molecule has 1 aliphatic heterocycles. The van der Waals surface area contributed by atoms with Crippen LogP contribution in [-0.4, -0.2) is 49.5 Å². The highest BCUT2D eigenvalue weighted by Crippen LogP contribution is 2.14. The molecule has 1 aliphatic rings. The molecule has 0 bridgehead atoms. The van der Waals surface area contributed by atoms with E-state index in [2.05, 4.69) is 31.6 Å². The van der Waals surface area contributed by atoms with E-state index >= 15 is 0 Å². The Morgan fingerprint density at radius 2 is 2.30 bits per heavy atom. The Labute approximate surface area is 162 Å². The van der Waals surface area contributed by atoms with Crippen molar-refractivity contribution < 1.29 is 9.21 Å². The molecule has 2 heterocycles. The average molecular weight is 499 g/mol. The molecular formula is C15H24BrIN4O2. The van der Waals surface area contributed by atoms with Crippen LogP contribution >= 0.6 is 39.9 Å². The smallest absolute Gasteiger partial charge is 0.222 e. The first kappa shape index (κ1) is 20.3. The van der Waals surface area contributed by atoms with E-state index in [-0.39, 0.29) is 35.9 Å². The number of amides is 1. The summed E-state index contributed by atoms with van der Waals surface area (Å²) in [7, 11) is 1.75. The van der Waals surface area contributed by atoms with E-state index in [1.54, 1.807) is 7.05 Å². The van der Waals surface area contributed by atoms with Crippen molar-refractivity contribution in [3.05, 3.63) is 22.6 Å². The highest BCUT2D eigenvalue weighted by atomic mass is 127. The van der Waals surface area contributed by atoms with Gasteiger partial charge in [0.1, 0.15) is 5.76 Å². The summed E-state index contributed by atoms with van der Waals surface area (Å²) in [6.45, 7) is 4.21. The quantitative estimate of drug-likeness (QED) is 0.371. The van der Waals surface area contributed by atoms with Crippen molar-refractivity contribution in [2.24, 2.45) is 4.99 Å². The Morgan fingerprint density at radius 1 is 1.52 bits per heavy atom. The van der Waals surface area contributed by atoms with Gasteiger partial charge < -0.3 is 20.0 Å². The SMILES string of the molecule is CCC(=O)N1CCC(NC(=NC)NCCc2ccc(Br)o2)C1.I. The molecule has 1 aromatic rings. The molecule has 2 N–H and O–H groups in total. The zero-order valence-corrected chi connectivity index (χ0v) is 17.4. The van der Waals surface area contributed by atoms with Crippen LogP contribution in [0.25, 0.3) is 0 Å². The Balaban J connectivity index is 0.00000264. The average Bonchev–Trinajstić information content (AvgIpc) is 3.14. The van der Waals surface area contributed by atoms with Gasteiger partial charge in [0.05, 0.1) is 0 Å². The topological polar surface area (TPSA) is 69.9 Å². The third-order valence-corrected chi connectivity index (χ3v) is 4.13. The normalized spacial score (nSPS) is 17.8. The van der Waals surface area contributed by atoms with Crippen LogP contribution in [-0.2, 0) is 11.2 Å². The molecule has 1 unspecified atom stereocenters. The fraction of sp³-hybridized carbons (Fsp3) is 0.600. The molecule has 1 aromatic heterocycles. The first-order valence-corrected chi connectivity index (χ1v) is 8.40. The molecule has 6 nitrogen and oxygen atoms in total. The zero-order chi connectivity index (χ0) is 15.9. The molecule has 1 fully saturated rings. The number of nitrogens with zero attached hydrogens (tertiary/aromatic N) is 2. The molecule has 130 valence electrons. The van der Waals surface area contributed by atoms with Gasteiger partial charge in [0, 0.05) is 45.6 Å². The van der Waals surface area contributed by atoms with Gasteiger partial charge in [0.15, 0.2) is 10.6 Å². The van der Waals surface area contributed by atoms with Crippen LogP contribution in [0, 0.1) is 0 Å². The number of carbonyl (C=O) groups is 1. The van der Waals surface area contributed by atoms with Gasteiger partial charge in [-0.2, -0.15) is 0 Å². The molecule has 1 saturated heterocycles. The van der Waals surface area contributed by atoms with Crippen molar-refractivity contribution in [1.29, 1.82) is 0 Å². The standard InChI is InChI=1S/C15H23BrN4O2.HI/c1-3-14(21)20-9-7-11(10-20)19-15(17-2)18-8-6-12-4-5-13(16)22-12;/h4-5,11H,3,6-10H2,1-2H3,(H2,17,18,19);1H. The Bertz CT molecular complexity index is 535. The molecule has 0 spiro atoms. The number of rotatable bonds is 5. The summed E-state index contributed by atoms with van der Waals surface area (Å²) < 4.78 is 6.20. The van der Waals surface area contributed by atoms with Gasteiger partial charge in [-0.25, -0.2) is 0 Å². The van der Waals surface area contributed by atoms with Crippen molar-refractivity contribution >= 4 is 51.8 Å². The molecule has 0 radical (unpaired) electrons. The number of nitrogens with one attached hydrogen (secondary N) is 2. The minimum atomic E-state index is 0. The Kier molecular flexibility index (Phi) is 8.96. The summed E-state index contributed by atoms with van der Waals surface area (Å²) in [6, 6.07) is 4.10. The van der Waals surface area contributed by atoms with E-state index in [1.165, 1.54) is 0 Å². The number of aliphatic imine (C=N–C) groups is 1. The first-order chi connectivity index (χ1) is 10.6. The third kappa shape index (κ3) is 6.33. The van der Waals surface area contributed by atoms with E-state index in [0.717, 1.165) is 48.9 Å². The number of furan rings is 1. The minimum absolute atomic E-state index is 0. The van der Waals surface area contributed by atoms with Crippen molar-refractivity contribution in [3.8, 4) is 0 Å². The lowest BCUT2D eigenvalue weighted by Crippen LogP contribution is -2.45. The molecule has 0 aliphatic carbocycles. The molecule has 23 heavy (non-hydrogen) atoms. The van der Waals surface area contributed by atoms with E-state index in [4.69, 9.17) is 4.42 Å². The Hall–Kier alpha value is -0.770. The van der Waals surface area contributed by atoms with Crippen LogP contribution in [0.3, 0.4) is 0 Å². The summed E-state index contributed by atoms with van der Waals surface area (Å²) in [5, 5.41) is 6.64. The van der Waals surface area contributed by atoms with Gasteiger partial charge in [0.2, 0.25) is 5.91 Å². The number of carbonyl (C=O) groups excluding carboxylic acids is 1. The summed E-state index contributed by atoms with van der Waals surface area (Å²) in [5.41, 5.74) is 0. The van der Waals surface area contributed by atoms with Gasteiger partial charge >= 0.3 is 0 Å². The van der Waals surface area contributed by atoms with Crippen LogP contribution in [0.15, 0.2) is 26.2 Å². The van der Waals surface area contributed by atoms with Gasteiger partial charge in [-0.05, 0) is 34.5 Å². The molecule has 0 saturated carbocycles. The highest BCUT2D eigenvalue weighted by Gasteiger charge is 2.25. The van der Waals surface area contributed by atoms with Crippen LogP contribution < -0.4 is 10.6 Å². The predicted molar refractivity (Wildman–Crippen MR) is 105 cm³/mol. The molecule has 1 amide bonds. The van der Waals surface area contributed by atoms with Crippen LogP contribution in [0.2, 0.25) is 0 Å². The molecule has 1 atom stereocenters. The van der Waals surface area contributed by atoms with Crippen LogP contribution in [0.1, 0.15) is 25.5 Å². The van der Waals surface area contributed by atoms with Crippen LogP contribution in [0.4, 0.5) is 0 Å². The van der Waals surface area contributed by atoms with Gasteiger partial charge in [-0.1, -0.05) is 6.92 Å². The van der Waals surface area contributed by atoms with Crippen molar-refractivity contribution in [2.45, 2.75) is 32.2 Å². The lowest BCUT2D eigenvalue weighted by molar-refractivity contribution is -0.129. The van der Waals surface area contributed by atoms with E-state index < -0.39 is 0 Å². The third-order valence-electron chi connectivity index (χ3n) is 3.70. The van der Waals surface area contributed by atoms with Crippen molar-refractivity contribution in [1.82, 2.24) is 15.5 Å². The van der Waals surface area contributed by atoms with E-state index in [0.29, 0.717) is 6.42 Å². The lowest BCUT2D eigenvalue weighted by Gasteiger charge is -2.18. The number of hydrogen-bond donors (Lipinski definition) is 2. The maximum Gasteiger partial charge on any atom is 0.222 e. The maximum absolute atomic E-state index is 11.7. The van der Waals surface area contributed by atoms with E-state index in [9.17, 15) is 4.79 Å². The largest absolute Gasteiger partial charge is 0.454 e. The summed E-state index contributed by atoms with van der Waals surface area (Å²) in [4.78, 5) is 17.8. The fourth-order valence-electron chi connectivity index (χ4n) is 2.51. The fourth-order valence-corrected chi connectivity index (χ4v) is 2.85. The van der Waals surface area contributed by atoms with Crippen molar-refractivity contribution in [2.75, 3.05) is 26.7 Å².